The molecule has 0 aliphatic heterocycles. The molecule has 19 heavy (non-hydrogen) atoms. The summed E-state index contributed by atoms with van der Waals surface area (Å²) in [4.78, 5) is 16.4. The Bertz CT molecular complexity index is 489. The van der Waals surface area contributed by atoms with Crippen LogP contribution in [0.1, 0.15) is 38.5 Å². The van der Waals surface area contributed by atoms with Crippen molar-refractivity contribution in [1.29, 1.82) is 0 Å². The average Bonchev–Trinajstić information content (AvgIpc) is 2.73. The normalized spacial score (nSPS) is 39.5. The van der Waals surface area contributed by atoms with Crippen LogP contribution >= 0.6 is 0 Å². The molecule has 1 aromatic heterocycles. The first kappa shape index (κ1) is 11.3. The molecule has 1 amide bonds. The summed E-state index contributed by atoms with van der Waals surface area (Å²) in [6.07, 6.45) is 7.03. The number of hydrogen-bond donors (Lipinski definition) is 2. The number of carbonyl (C=O) groups is 1. The van der Waals surface area contributed by atoms with Crippen molar-refractivity contribution in [3.8, 4) is 0 Å². The molecule has 4 aliphatic rings. The quantitative estimate of drug-likeness (QED) is 0.847. The second-order valence-electron chi connectivity index (χ2n) is 6.61. The molecule has 0 atom stereocenters. The number of nitrogens with two attached hydrogens (primary N) is 1. The van der Waals surface area contributed by atoms with Crippen LogP contribution in [0, 0.1) is 23.2 Å². The molecule has 5 rings (SSSR count). The van der Waals surface area contributed by atoms with Crippen molar-refractivity contribution in [3.63, 3.8) is 0 Å². The van der Waals surface area contributed by atoms with Gasteiger partial charge in [0.2, 0.25) is 5.91 Å². The standard InChI is InChI=1S/C13H18N4O2/c14-11-16-12(19-17-11)15-10(18)13-4-7-1-8(5-13)3-9(2-7)6-13/h7-9H,1-6H2,(H3,14,15,16,17,18). The van der Waals surface area contributed by atoms with Gasteiger partial charge in [-0.15, -0.1) is 0 Å². The summed E-state index contributed by atoms with van der Waals surface area (Å²) in [5.74, 6) is 2.33. The SMILES string of the molecule is Nc1noc(NC(=O)C23CC4CC(CC(C4)C2)C3)n1. The molecular formula is C13H18N4O2. The van der Waals surface area contributed by atoms with Gasteiger partial charge in [-0.3, -0.25) is 10.1 Å². The van der Waals surface area contributed by atoms with Gasteiger partial charge in [0.15, 0.2) is 0 Å². The third-order valence-electron chi connectivity index (χ3n) is 5.18. The zero-order valence-electron chi connectivity index (χ0n) is 10.8. The molecule has 4 fully saturated rings. The van der Waals surface area contributed by atoms with Gasteiger partial charge in [-0.2, -0.15) is 4.98 Å². The van der Waals surface area contributed by atoms with Gasteiger partial charge in [-0.1, -0.05) is 0 Å². The lowest BCUT2D eigenvalue weighted by molar-refractivity contribution is -0.140. The number of nitrogen functional groups attached to an aromatic ring is 1. The predicted octanol–water partition coefficient (Wildman–Crippen LogP) is 1.81. The second kappa shape index (κ2) is 3.71. The lowest BCUT2D eigenvalue weighted by atomic mass is 9.49. The molecule has 0 radical (unpaired) electrons. The summed E-state index contributed by atoms with van der Waals surface area (Å²) in [5.41, 5.74) is 5.20. The van der Waals surface area contributed by atoms with E-state index >= 15 is 0 Å². The van der Waals surface area contributed by atoms with E-state index in [1.54, 1.807) is 0 Å². The topological polar surface area (TPSA) is 94.0 Å². The molecule has 3 N–H and O–H groups in total. The Morgan fingerprint density at radius 3 is 2.26 bits per heavy atom. The number of hydrogen-bond acceptors (Lipinski definition) is 5. The summed E-state index contributed by atoms with van der Waals surface area (Å²) in [6, 6.07) is 0.123. The highest BCUT2D eigenvalue weighted by Gasteiger charge is 2.54. The smallest absolute Gasteiger partial charge is 0.329 e. The van der Waals surface area contributed by atoms with Crippen molar-refractivity contribution in [2.75, 3.05) is 11.1 Å². The first-order chi connectivity index (χ1) is 9.13. The minimum Gasteiger partial charge on any atom is -0.365 e. The van der Waals surface area contributed by atoms with Crippen molar-refractivity contribution in [2.24, 2.45) is 23.2 Å². The fourth-order valence-electron chi connectivity index (χ4n) is 4.90. The van der Waals surface area contributed by atoms with E-state index in [1.165, 1.54) is 19.3 Å². The first-order valence-electron chi connectivity index (χ1n) is 7.04. The Labute approximate surface area is 111 Å². The van der Waals surface area contributed by atoms with Gasteiger partial charge in [0.1, 0.15) is 0 Å². The highest BCUT2D eigenvalue weighted by atomic mass is 16.5. The van der Waals surface area contributed by atoms with Crippen LogP contribution < -0.4 is 11.1 Å². The molecule has 102 valence electrons. The van der Waals surface area contributed by atoms with Gasteiger partial charge in [0, 0.05) is 0 Å². The first-order valence-corrected chi connectivity index (χ1v) is 7.04. The van der Waals surface area contributed by atoms with Crippen LogP contribution in [0.15, 0.2) is 4.52 Å². The van der Waals surface area contributed by atoms with Gasteiger partial charge in [-0.25, -0.2) is 0 Å². The molecule has 4 saturated carbocycles. The van der Waals surface area contributed by atoms with Crippen molar-refractivity contribution in [2.45, 2.75) is 38.5 Å². The number of aromatic nitrogens is 2. The molecule has 0 unspecified atom stereocenters. The Hall–Kier alpha value is -1.59. The summed E-state index contributed by atoms with van der Waals surface area (Å²) in [7, 11) is 0. The third kappa shape index (κ3) is 1.73. The maximum Gasteiger partial charge on any atom is 0.329 e. The number of amides is 1. The molecule has 1 heterocycles. The number of nitrogens with one attached hydrogen (secondary N) is 1. The Balaban J connectivity index is 1.56. The zero-order valence-corrected chi connectivity index (χ0v) is 10.8. The maximum atomic E-state index is 12.6. The van der Waals surface area contributed by atoms with Gasteiger partial charge in [-0.05, 0) is 61.4 Å². The molecule has 6 heteroatoms. The van der Waals surface area contributed by atoms with E-state index in [2.05, 4.69) is 15.5 Å². The largest absolute Gasteiger partial charge is 0.365 e. The van der Waals surface area contributed by atoms with Crippen LogP contribution in [0.2, 0.25) is 0 Å². The van der Waals surface area contributed by atoms with Crippen LogP contribution in [0.5, 0.6) is 0 Å². The third-order valence-corrected chi connectivity index (χ3v) is 5.18. The van der Waals surface area contributed by atoms with E-state index in [9.17, 15) is 4.79 Å². The van der Waals surface area contributed by atoms with Crippen molar-refractivity contribution >= 4 is 17.9 Å². The molecule has 4 bridgehead atoms. The van der Waals surface area contributed by atoms with E-state index in [-0.39, 0.29) is 23.3 Å². The van der Waals surface area contributed by atoms with Gasteiger partial charge >= 0.3 is 6.01 Å². The lowest BCUT2D eigenvalue weighted by Gasteiger charge is -2.55. The van der Waals surface area contributed by atoms with Gasteiger partial charge < -0.3 is 10.3 Å². The number of rotatable bonds is 2. The highest BCUT2D eigenvalue weighted by molar-refractivity contribution is 5.94. The number of nitrogens with zero attached hydrogens (tertiary/aromatic N) is 2. The molecule has 0 saturated heterocycles. The van der Waals surface area contributed by atoms with E-state index in [4.69, 9.17) is 10.3 Å². The fraction of sp³-hybridized carbons (Fsp3) is 0.769. The van der Waals surface area contributed by atoms with E-state index < -0.39 is 0 Å². The van der Waals surface area contributed by atoms with Crippen LogP contribution in [-0.4, -0.2) is 16.0 Å². The molecule has 0 spiro atoms. The summed E-state index contributed by atoms with van der Waals surface area (Å²) >= 11 is 0. The number of carbonyl (C=O) groups excluding carboxylic acids is 1. The average molecular weight is 262 g/mol. The molecule has 1 aromatic rings. The zero-order chi connectivity index (χ0) is 13.0. The van der Waals surface area contributed by atoms with Crippen molar-refractivity contribution in [1.82, 2.24) is 10.1 Å². The lowest BCUT2D eigenvalue weighted by Crippen LogP contribution is -2.51. The summed E-state index contributed by atoms with van der Waals surface area (Å²) < 4.78 is 4.88. The maximum absolute atomic E-state index is 12.6. The summed E-state index contributed by atoms with van der Waals surface area (Å²) in [6.45, 7) is 0. The minimum absolute atomic E-state index is 0.0512. The number of anilines is 2. The van der Waals surface area contributed by atoms with Crippen molar-refractivity contribution in [3.05, 3.63) is 0 Å². The highest BCUT2D eigenvalue weighted by Crippen LogP contribution is 2.60. The molecule has 6 nitrogen and oxygen atoms in total. The van der Waals surface area contributed by atoms with Crippen LogP contribution in [-0.2, 0) is 4.79 Å². The fourth-order valence-corrected chi connectivity index (χ4v) is 4.90. The van der Waals surface area contributed by atoms with E-state index in [0.717, 1.165) is 37.0 Å². The second-order valence-corrected chi connectivity index (χ2v) is 6.61. The summed E-state index contributed by atoms with van der Waals surface area (Å²) in [5, 5.41) is 6.25. The molecule has 4 aliphatic carbocycles. The molecule has 0 aromatic carbocycles. The van der Waals surface area contributed by atoms with Crippen molar-refractivity contribution < 1.29 is 9.32 Å². The van der Waals surface area contributed by atoms with Crippen LogP contribution in [0.3, 0.4) is 0 Å². The predicted molar refractivity (Wildman–Crippen MR) is 67.9 cm³/mol. The van der Waals surface area contributed by atoms with E-state index in [0.29, 0.717) is 0 Å². The Kier molecular flexibility index (Phi) is 2.20. The van der Waals surface area contributed by atoms with Crippen LogP contribution in [0.4, 0.5) is 12.0 Å². The monoisotopic (exact) mass is 262 g/mol. The van der Waals surface area contributed by atoms with Gasteiger partial charge in [0.25, 0.3) is 5.95 Å². The van der Waals surface area contributed by atoms with Crippen LogP contribution in [0.25, 0.3) is 0 Å². The molecular weight excluding hydrogens is 244 g/mol. The van der Waals surface area contributed by atoms with Gasteiger partial charge in [0.05, 0.1) is 5.41 Å². The Morgan fingerprint density at radius 2 is 1.79 bits per heavy atom. The minimum atomic E-state index is -0.196. The van der Waals surface area contributed by atoms with E-state index in [1.807, 2.05) is 0 Å². The Morgan fingerprint density at radius 1 is 1.21 bits per heavy atom.